The minimum absolute atomic E-state index is 0.0306. The molecule has 0 radical (unpaired) electrons. The van der Waals surface area contributed by atoms with Gasteiger partial charge in [-0.05, 0) is 53.4 Å². The Hall–Kier alpha value is -3.32. The molecule has 1 aromatic heterocycles. The predicted molar refractivity (Wildman–Crippen MR) is 137 cm³/mol. The molecule has 0 aliphatic carbocycles. The van der Waals surface area contributed by atoms with Gasteiger partial charge in [0, 0.05) is 38.1 Å². The zero-order chi connectivity index (χ0) is 26.8. The van der Waals surface area contributed by atoms with E-state index in [1.165, 1.54) is 28.4 Å². The molecule has 1 unspecified atom stereocenters. The van der Waals surface area contributed by atoms with Gasteiger partial charge in [-0.1, -0.05) is 24.3 Å². The molecule has 2 aromatic carbocycles. The molecule has 1 aliphatic heterocycles. The van der Waals surface area contributed by atoms with E-state index in [4.69, 9.17) is 4.74 Å². The van der Waals surface area contributed by atoms with Gasteiger partial charge in [-0.25, -0.2) is 8.42 Å². The summed E-state index contributed by atoms with van der Waals surface area (Å²) in [4.78, 5) is 18.1. The smallest absolute Gasteiger partial charge is 0.274 e. The maximum Gasteiger partial charge on any atom is 0.274 e. The van der Waals surface area contributed by atoms with Gasteiger partial charge in [0.25, 0.3) is 10.1 Å². The third kappa shape index (κ3) is 5.99. The molecule has 1 amide bonds. The molecule has 196 valence electrons. The Morgan fingerprint density at radius 3 is 2.54 bits per heavy atom. The van der Waals surface area contributed by atoms with Crippen molar-refractivity contribution in [3.05, 3.63) is 78.1 Å². The Kier molecular flexibility index (Phi) is 7.64. The van der Waals surface area contributed by atoms with Crippen molar-refractivity contribution in [3.63, 3.8) is 0 Å². The lowest BCUT2D eigenvalue weighted by Gasteiger charge is -2.40. The third-order valence-electron chi connectivity index (χ3n) is 6.24. The highest BCUT2D eigenvalue weighted by atomic mass is 32.2. The number of aromatic nitrogens is 1. The van der Waals surface area contributed by atoms with Crippen LogP contribution in [0.3, 0.4) is 0 Å². The average Bonchev–Trinajstić information content (AvgIpc) is 2.87. The van der Waals surface area contributed by atoms with Gasteiger partial charge in [0.05, 0.1) is 18.0 Å². The van der Waals surface area contributed by atoms with Gasteiger partial charge in [0.2, 0.25) is 15.9 Å². The van der Waals surface area contributed by atoms with Gasteiger partial charge >= 0.3 is 0 Å². The number of amides is 1. The minimum Gasteiger partial charge on any atom is -0.497 e. The van der Waals surface area contributed by atoms with E-state index in [2.05, 4.69) is 4.98 Å². The second kappa shape index (κ2) is 10.6. The van der Waals surface area contributed by atoms with Crippen LogP contribution in [0.5, 0.6) is 5.75 Å². The monoisotopic (exact) mass is 545 g/mol. The highest BCUT2D eigenvalue weighted by Gasteiger charge is 2.39. The van der Waals surface area contributed by atoms with Crippen LogP contribution in [0, 0.1) is 6.92 Å². The molecule has 0 saturated carbocycles. The van der Waals surface area contributed by atoms with Crippen LogP contribution >= 0.6 is 0 Å². The van der Waals surface area contributed by atoms with Crippen LogP contribution in [0.2, 0.25) is 0 Å². The van der Waals surface area contributed by atoms with Crippen LogP contribution in [0.4, 0.5) is 0 Å². The summed E-state index contributed by atoms with van der Waals surface area (Å²) in [6.07, 6.45) is 3.41. The fraction of sp³-hybridized carbons (Fsp3) is 0.280. The van der Waals surface area contributed by atoms with Gasteiger partial charge in [-0.2, -0.15) is 12.7 Å². The lowest BCUT2D eigenvalue weighted by molar-refractivity contribution is -0.130. The van der Waals surface area contributed by atoms with Gasteiger partial charge < -0.3 is 9.64 Å². The Bertz CT molecular complexity index is 1520. The Balaban J connectivity index is 1.77. The van der Waals surface area contributed by atoms with Crippen molar-refractivity contribution in [1.82, 2.24) is 14.2 Å². The molecular formula is C25H27N3O7S2. The Morgan fingerprint density at radius 2 is 1.84 bits per heavy atom. The van der Waals surface area contributed by atoms with Gasteiger partial charge in [-0.3, -0.25) is 14.3 Å². The molecule has 1 N–H and O–H groups in total. The summed E-state index contributed by atoms with van der Waals surface area (Å²) in [5.74, 6) is -1.49. The maximum absolute atomic E-state index is 13.8. The zero-order valence-corrected chi connectivity index (χ0v) is 21.9. The lowest BCUT2D eigenvalue weighted by atomic mass is 9.97. The van der Waals surface area contributed by atoms with E-state index in [1.807, 2.05) is 25.1 Å². The summed E-state index contributed by atoms with van der Waals surface area (Å²) in [6.45, 7) is 1.73. The number of aryl methyl sites for hydroxylation is 1. The van der Waals surface area contributed by atoms with Crippen molar-refractivity contribution < 1.29 is 30.9 Å². The van der Waals surface area contributed by atoms with Crippen molar-refractivity contribution in [1.29, 1.82) is 0 Å². The number of hydrogen-bond donors (Lipinski definition) is 1. The molecule has 1 fully saturated rings. The Morgan fingerprint density at radius 1 is 1.08 bits per heavy atom. The highest BCUT2D eigenvalue weighted by molar-refractivity contribution is 7.89. The number of hydrogen-bond acceptors (Lipinski definition) is 7. The molecule has 0 spiro atoms. The lowest BCUT2D eigenvalue weighted by Crippen LogP contribution is -2.53. The molecule has 3 aromatic rings. The summed E-state index contributed by atoms with van der Waals surface area (Å²) >= 11 is 0. The number of carbonyl (C=O) groups is 1. The number of piperazine rings is 1. The number of nitrogens with zero attached hydrogens (tertiary/aromatic N) is 3. The number of carbonyl (C=O) groups excluding carboxylic acids is 1. The SMILES string of the molecule is COc1cccc(S(=O)(=O)N2CCN(C(=O)CS(=O)(=O)O)CC2c2cccc(-c3ccncc3C)c2)c1. The van der Waals surface area contributed by atoms with Crippen molar-refractivity contribution in [2.45, 2.75) is 17.9 Å². The van der Waals surface area contributed by atoms with Crippen LogP contribution in [0.15, 0.2) is 71.9 Å². The fourth-order valence-corrected chi connectivity index (χ4v) is 6.53. The van der Waals surface area contributed by atoms with Crippen molar-refractivity contribution in [2.75, 3.05) is 32.5 Å². The van der Waals surface area contributed by atoms with Gasteiger partial charge in [-0.15, -0.1) is 0 Å². The first kappa shape index (κ1) is 26.7. The molecule has 2 heterocycles. The quantitative estimate of drug-likeness (QED) is 0.448. The molecule has 4 rings (SSSR count). The van der Waals surface area contributed by atoms with Crippen LogP contribution in [-0.2, 0) is 24.9 Å². The number of methoxy groups -OCH3 is 1. The number of rotatable bonds is 7. The van der Waals surface area contributed by atoms with E-state index >= 15 is 0 Å². The van der Waals surface area contributed by atoms with Gasteiger partial charge in [0.1, 0.15) is 5.75 Å². The first-order valence-electron chi connectivity index (χ1n) is 11.4. The first-order valence-corrected chi connectivity index (χ1v) is 14.4. The van der Waals surface area contributed by atoms with E-state index in [0.29, 0.717) is 11.3 Å². The summed E-state index contributed by atoms with van der Waals surface area (Å²) in [6, 6.07) is 14.5. The van der Waals surface area contributed by atoms with E-state index in [0.717, 1.165) is 16.7 Å². The number of pyridine rings is 1. The van der Waals surface area contributed by atoms with Crippen molar-refractivity contribution in [2.24, 2.45) is 0 Å². The van der Waals surface area contributed by atoms with Gasteiger partial charge in [0.15, 0.2) is 5.75 Å². The second-order valence-electron chi connectivity index (χ2n) is 8.69. The van der Waals surface area contributed by atoms with Crippen LogP contribution in [0.1, 0.15) is 17.2 Å². The molecule has 0 bridgehead atoms. The van der Waals surface area contributed by atoms with Crippen LogP contribution in [-0.4, -0.2) is 74.0 Å². The topological polar surface area (TPSA) is 134 Å². The summed E-state index contributed by atoms with van der Waals surface area (Å²) in [5.41, 5.74) is 3.34. The number of benzene rings is 2. The number of sulfonamides is 1. The Labute approximate surface area is 216 Å². The van der Waals surface area contributed by atoms with E-state index in [9.17, 15) is 26.2 Å². The van der Waals surface area contributed by atoms with Crippen LogP contribution in [0.25, 0.3) is 11.1 Å². The van der Waals surface area contributed by atoms with E-state index in [1.54, 1.807) is 36.7 Å². The summed E-state index contributed by atoms with van der Waals surface area (Å²) < 4.78 is 65.9. The molecule has 12 heteroatoms. The largest absolute Gasteiger partial charge is 0.497 e. The molecular weight excluding hydrogens is 518 g/mol. The highest BCUT2D eigenvalue weighted by Crippen LogP contribution is 2.34. The molecule has 10 nitrogen and oxygen atoms in total. The molecule has 1 saturated heterocycles. The third-order valence-corrected chi connectivity index (χ3v) is 8.76. The normalized spacial score (nSPS) is 16.9. The zero-order valence-electron chi connectivity index (χ0n) is 20.3. The van der Waals surface area contributed by atoms with Crippen molar-refractivity contribution >= 4 is 26.0 Å². The summed E-state index contributed by atoms with van der Waals surface area (Å²) in [7, 11) is -7.12. The molecule has 1 aliphatic rings. The fourth-order valence-electron chi connectivity index (χ4n) is 4.41. The standard InChI is InChI=1S/C25H27N3O7S2/c1-18-15-26-10-9-23(18)19-5-3-6-20(13-19)24-16-27(25(29)17-36(30,31)32)11-12-28(24)37(33,34)22-8-4-7-21(14-22)35-2/h3-10,13-15,24H,11-12,16-17H2,1-2H3,(H,30,31,32). The second-order valence-corrected chi connectivity index (χ2v) is 12.0. The van der Waals surface area contributed by atoms with E-state index in [-0.39, 0.29) is 24.5 Å². The molecule has 1 atom stereocenters. The first-order chi connectivity index (χ1) is 17.5. The van der Waals surface area contributed by atoms with Crippen molar-refractivity contribution in [3.8, 4) is 16.9 Å². The predicted octanol–water partition coefficient (Wildman–Crippen LogP) is 2.53. The maximum atomic E-state index is 13.8. The van der Waals surface area contributed by atoms with E-state index < -0.39 is 37.8 Å². The number of ether oxygens (including phenoxy) is 1. The summed E-state index contributed by atoms with van der Waals surface area (Å²) in [5, 5.41) is 0. The average molecular weight is 546 g/mol. The van der Waals surface area contributed by atoms with Crippen LogP contribution < -0.4 is 4.74 Å². The minimum atomic E-state index is -4.54. The molecule has 37 heavy (non-hydrogen) atoms.